The van der Waals surface area contributed by atoms with Crippen LogP contribution in [-0.4, -0.2) is 92.1 Å². The third-order valence-corrected chi connectivity index (χ3v) is 4.28. The van der Waals surface area contributed by atoms with Gasteiger partial charge in [0.1, 0.15) is 6.54 Å². The summed E-state index contributed by atoms with van der Waals surface area (Å²) in [5.41, 5.74) is 0. The van der Waals surface area contributed by atoms with Gasteiger partial charge in [0.25, 0.3) is 0 Å². The Labute approximate surface area is 140 Å². The number of hydrogen-bond donors (Lipinski definition) is 1. The molecule has 0 radical (unpaired) electrons. The topological polar surface area (TPSA) is 51.2 Å². The van der Waals surface area contributed by atoms with Gasteiger partial charge in [-0.1, -0.05) is 12.2 Å². The Morgan fingerprint density at radius 3 is 2.62 bits per heavy atom. The molecule has 24 heavy (non-hydrogen) atoms. The predicted octanol–water partition coefficient (Wildman–Crippen LogP) is 0.529. The van der Waals surface area contributed by atoms with Crippen molar-refractivity contribution in [1.29, 1.82) is 0 Å². The van der Waals surface area contributed by atoms with E-state index >= 15 is 0 Å². The van der Waals surface area contributed by atoms with Crippen LogP contribution in [0, 0.1) is 0 Å². The maximum Gasteiger partial charge on any atom is 0.406 e. The summed E-state index contributed by atoms with van der Waals surface area (Å²) in [4.78, 5) is 21.0. The second-order valence-electron chi connectivity index (χ2n) is 6.08. The zero-order valence-corrected chi connectivity index (χ0v) is 14.0. The van der Waals surface area contributed by atoms with Gasteiger partial charge in [0.05, 0.1) is 6.54 Å². The summed E-state index contributed by atoms with van der Waals surface area (Å²) in [6.45, 7) is 2.06. The first-order valence-electron chi connectivity index (χ1n) is 7.95. The van der Waals surface area contributed by atoms with Gasteiger partial charge in [-0.05, 0) is 6.42 Å². The monoisotopic (exact) mass is 347 g/mol. The van der Waals surface area contributed by atoms with Crippen LogP contribution in [0.5, 0.6) is 0 Å². The van der Waals surface area contributed by atoms with E-state index in [9.17, 15) is 18.0 Å². The van der Waals surface area contributed by atoms with Crippen LogP contribution in [-0.2, 0) is 4.79 Å². The Bertz CT molecular complexity index is 498. The van der Waals surface area contributed by atoms with E-state index in [-0.39, 0.29) is 6.54 Å². The summed E-state index contributed by atoms with van der Waals surface area (Å²) in [7, 11) is 2.75. The minimum absolute atomic E-state index is 0.203. The summed E-state index contributed by atoms with van der Waals surface area (Å²) in [5.74, 6) is -0.0635. The molecule has 9 heteroatoms. The molecule has 1 saturated heterocycles. The maximum atomic E-state index is 12.3. The number of nitrogens with one attached hydrogen (secondary N) is 1. The van der Waals surface area contributed by atoms with E-state index in [1.54, 1.807) is 7.05 Å². The molecule has 0 aromatic carbocycles. The minimum Gasteiger partial charge on any atom is -0.347 e. The van der Waals surface area contributed by atoms with Crippen molar-refractivity contribution in [3.05, 3.63) is 12.2 Å². The number of rotatable bonds is 4. The standard InChI is InChI=1S/C15H24F3N5O/c1-19-14(20-9-13(24)21(2)11-15(16,17)18)23-8-5-12(10-23)22-6-3-4-7-22/h3-4,12H,5-11H2,1-2H3,(H,19,20). The lowest BCUT2D eigenvalue weighted by molar-refractivity contribution is -0.157. The van der Waals surface area contributed by atoms with E-state index in [1.165, 1.54) is 0 Å². The number of likely N-dealkylation sites (N-methyl/N-ethyl adjacent to an activating group) is 1. The number of likely N-dealkylation sites (tertiary alicyclic amines) is 1. The van der Waals surface area contributed by atoms with E-state index in [0.29, 0.717) is 16.9 Å². The Balaban J connectivity index is 1.79. The number of carbonyl (C=O) groups is 1. The highest BCUT2D eigenvalue weighted by Gasteiger charge is 2.32. The van der Waals surface area contributed by atoms with Crippen molar-refractivity contribution in [2.75, 3.05) is 53.4 Å². The molecule has 0 spiro atoms. The van der Waals surface area contributed by atoms with Gasteiger partial charge in [-0.15, -0.1) is 0 Å². The highest BCUT2D eigenvalue weighted by atomic mass is 19.4. The fourth-order valence-corrected chi connectivity index (χ4v) is 3.00. The molecule has 2 rings (SSSR count). The van der Waals surface area contributed by atoms with Crippen LogP contribution < -0.4 is 5.32 Å². The van der Waals surface area contributed by atoms with Crippen molar-refractivity contribution in [1.82, 2.24) is 20.0 Å². The van der Waals surface area contributed by atoms with Crippen molar-refractivity contribution >= 4 is 11.9 Å². The lowest BCUT2D eigenvalue weighted by Crippen LogP contribution is -2.47. The molecule has 2 heterocycles. The van der Waals surface area contributed by atoms with Crippen molar-refractivity contribution in [3.8, 4) is 0 Å². The number of hydrogen-bond acceptors (Lipinski definition) is 3. The molecule has 0 aromatic rings. The second kappa shape index (κ2) is 7.87. The van der Waals surface area contributed by atoms with Gasteiger partial charge in [0, 0.05) is 46.3 Å². The first-order chi connectivity index (χ1) is 11.3. The van der Waals surface area contributed by atoms with Crippen molar-refractivity contribution in [3.63, 3.8) is 0 Å². The van der Waals surface area contributed by atoms with E-state index in [1.807, 2.05) is 4.90 Å². The molecule has 2 aliphatic heterocycles. The van der Waals surface area contributed by atoms with Gasteiger partial charge < -0.3 is 15.1 Å². The van der Waals surface area contributed by atoms with Crippen LogP contribution in [0.4, 0.5) is 13.2 Å². The van der Waals surface area contributed by atoms with Crippen molar-refractivity contribution in [2.24, 2.45) is 4.99 Å². The van der Waals surface area contributed by atoms with E-state index in [4.69, 9.17) is 0 Å². The highest BCUT2D eigenvalue weighted by molar-refractivity contribution is 5.86. The molecule has 6 nitrogen and oxygen atoms in total. The molecule has 0 bridgehead atoms. The Morgan fingerprint density at radius 2 is 2.04 bits per heavy atom. The number of carbonyl (C=O) groups excluding carboxylic acids is 1. The molecule has 2 aliphatic rings. The number of nitrogens with zero attached hydrogens (tertiary/aromatic N) is 4. The molecule has 1 unspecified atom stereocenters. The number of aliphatic imine (C=N–C) groups is 1. The molecular formula is C15H24F3N5O. The van der Waals surface area contributed by atoms with Crippen LogP contribution in [0.2, 0.25) is 0 Å². The molecule has 1 atom stereocenters. The van der Waals surface area contributed by atoms with Gasteiger partial charge in [-0.3, -0.25) is 14.7 Å². The molecule has 0 aromatic heterocycles. The lowest BCUT2D eigenvalue weighted by Gasteiger charge is -2.26. The Kier molecular flexibility index (Phi) is 6.09. The van der Waals surface area contributed by atoms with Gasteiger partial charge in [0.15, 0.2) is 5.96 Å². The average molecular weight is 347 g/mol. The SMILES string of the molecule is CN=C(NCC(=O)N(C)CC(F)(F)F)N1CCC(N2CC=CC2)C1. The quantitative estimate of drug-likeness (QED) is 0.458. The summed E-state index contributed by atoms with van der Waals surface area (Å²) in [6, 6.07) is 0.433. The minimum atomic E-state index is -4.39. The summed E-state index contributed by atoms with van der Waals surface area (Å²) in [6.07, 6.45) is 0.901. The number of amides is 1. The average Bonchev–Trinajstić information content (AvgIpc) is 3.16. The van der Waals surface area contributed by atoms with Crippen molar-refractivity contribution < 1.29 is 18.0 Å². The van der Waals surface area contributed by atoms with Crippen LogP contribution in [0.3, 0.4) is 0 Å². The molecule has 136 valence electrons. The Morgan fingerprint density at radius 1 is 1.38 bits per heavy atom. The van der Waals surface area contributed by atoms with Gasteiger partial charge in [0.2, 0.25) is 5.91 Å². The normalized spacial score (nSPS) is 22.3. The van der Waals surface area contributed by atoms with Gasteiger partial charge in [-0.2, -0.15) is 13.2 Å². The molecule has 1 N–H and O–H groups in total. The van der Waals surface area contributed by atoms with E-state index in [2.05, 4.69) is 27.4 Å². The largest absolute Gasteiger partial charge is 0.406 e. The maximum absolute atomic E-state index is 12.3. The zero-order valence-electron chi connectivity index (χ0n) is 14.0. The third-order valence-electron chi connectivity index (χ3n) is 4.28. The van der Waals surface area contributed by atoms with Crippen LogP contribution in [0.15, 0.2) is 17.1 Å². The molecule has 0 aliphatic carbocycles. The number of halogens is 3. The molecule has 0 saturated carbocycles. The third kappa shape index (κ3) is 5.12. The number of alkyl halides is 3. The number of guanidine groups is 1. The summed E-state index contributed by atoms with van der Waals surface area (Å²) in [5, 5.41) is 2.87. The lowest BCUT2D eigenvalue weighted by atomic mass is 10.2. The first-order valence-corrected chi connectivity index (χ1v) is 7.95. The summed E-state index contributed by atoms with van der Waals surface area (Å²) < 4.78 is 36.9. The zero-order chi connectivity index (χ0) is 17.7. The molecule has 1 amide bonds. The molecular weight excluding hydrogens is 323 g/mol. The highest BCUT2D eigenvalue weighted by Crippen LogP contribution is 2.18. The van der Waals surface area contributed by atoms with Crippen LogP contribution in [0.25, 0.3) is 0 Å². The van der Waals surface area contributed by atoms with E-state index in [0.717, 1.165) is 39.6 Å². The Hall–Kier alpha value is -1.77. The molecule has 1 fully saturated rings. The fourth-order valence-electron chi connectivity index (χ4n) is 3.00. The first kappa shape index (κ1) is 18.6. The summed E-state index contributed by atoms with van der Waals surface area (Å²) >= 11 is 0. The van der Waals surface area contributed by atoms with Crippen LogP contribution >= 0.6 is 0 Å². The van der Waals surface area contributed by atoms with Crippen LogP contribution in [0.1, 0.15) is 6.42 Å². The second-order valence-corrected chi connectivity index (χ2v) is 6.08. The van der Waals surface area contributed by atoms with Crippen molar-refractivity contribution in [2.45, 2.75) is 18.6 Å². The van der Waals surface area contributed by atoms with Gasteiger partial charge in [-0.25, -0.2) is 0 Å². The predicted molar refractivity (Wildman–Crippen MR) is 85.7 cm³/mol. The smallest absolute Gasteiger partial charge is 0.347 e. The van der Waals surface area contributed by atoms with E-state index < -0.39 is 18.6 Å². The van der Waals surface area contributed by atoms with Gasteiger partial charge >= 0.3 is 6.18 Å². The fraction of sp³-hybridized carbons (Fsp3) is 0.733.